The van der Waals surface area contributed by atoms with Crippen LogP contribution in [0.25, 0.3) is 0 Å². The third-order valence-corrected chi connectivity index (χ3v) is 3.16. The number of nitriles is 1. The lowest BCUT2D eigenvalue weighted by molar-refractivity contribution is 0.103. The number of rotatable bonds is 5. The number of benzene rings is 1. The zero-order valence-electron chi connectivity index (χ0n) is 12.8. The predicted octanol–water partition coefficient (Wildman–Crippen LogP) is 1.92. The molecule has 0 atom stereocenters. The van der Waals surface area contributed by atoms with Crippen molar-refractivity contribution in [3.63, 3.8) is 0 Å². The number of carbonyl (C=O) groups excluding carboxylic acids is 1. The average molecular weight is 314 g/mol. The van der Waals surface area contributed by atoms with Crippen LogP contribution in [0.1, 0.15) is 21.6 Å². The Morgan fingerprint density at radius 3 is 2.17 bits per heavy atom. The van der Waals surface area contributed by atoms with Crippen molar-refractivity contribution in [3.8, 4) is 29.2 Å². The Morgan fingerprint density at radius 2 is 1.74 bits per heavy atom. The van der Waals surface area contributed by atoms with Crippen LogP contribution in [0, 0.1) is 11.3 Å². The maximum atomic E-state index is 12.5. The van der Waals surface area contributed by atoms with Crippen molar-refractivity contribution >= 4 is 5.78 Å². The quantitative estimate of drug-likeness (QED) is 0.841. The summed E-state index contributed by atoms with van der Waals surface area (Å²) in [5.41, 5.74) is 0.235. The van der Waals surface area contributed by atoms with Gasteiger partial charge in [-0.2, -0.15) is 5.26 Å². The molecule has 0 radical (unpaired) electrons. The molecule has 0 amide bonds. The van der Waals surface area contributed by atoms with E-state index in [1.165, 1.54) is 45.6 Å². The van der Waals surface area contributed by atoms with Gasteiger partial charge in [0.2, 0.25) is 17.4 Å². The van der Waals surface area contributed by atoms with Gasteiger partial charge >= 0.3 is 0 Å². The fourth-order valence-corrected chi connectivity index (χ4v) is 2.02. The Hall–Kier alpha value is -3.27. The molecule has 0 aliphatic carbocycles. The van der Waals surface area contributed by atoms with Crippen LogP contribution in [-0.4, -0.2) is 37.2 Å². The molecule has 118 valence electrons. The van der Waals surface area contributed by atoms with Gasteiger partial charge in [-0.3, -0.25) is 4.79 Å². The second kappa shape index (κ2) is 6.66. The minimum atomic E-state index is -0.495. The number of hydrogen-bond donors (Lipinski definition) is 1. The lowest BCUT2D eigenvalue weighted by Gasteiger charge is -2.13. The van der Waals surface area contributed by atoms with E-state index in [-0.39, 0.29) is 16.8 Å². The molecular weight excluding hydrogens is 300 g/mol. The van der Waals surface area contributed by atoms with Gasteiger partial charge in [-0.1, -0.05) is 0 Å². The number of ketones is 1. The van der Waals surface area contributed by atoms with Crippen LogP contribution in [0.5, 0.6) is 23.1 Å². The fourth-order valence-electron chi connectivity index (χ4n) is 2.02. The van der Waals surface area contributed by atoms with Crippen LogP contribution in [0.3, 0.4) is 0 Å². The molecule has 2 rings (SSSR count). The van der Waals surface area contributed by atoms with Crippen molar-refractivity contribution in [2.45, 2.75) is 0 Å². The summed E-state index contributed by atoms with van der Waals surface area (Å²) in [6.07, 6.45) is 0. The first-order valence-corrected chi connectivity index (χ1v) is 6.50. The molecule has 23 heavy (non-hydrogen) atoms. The standard InChI is InChI=1S/C16H14N2O5/c1-21-12-6-10(7-13(22-2)15(12)23-3)14(19)11-5-4-9(8-17)16(20)18-11/h4-7H,1-3H3,(H,18,20). The Kier molecular flexibility index (Phi) is 4.66. The summed E-state index contributed by atoms with van der Waals surface area (Å²) < 4.78 is 15.6. The lowest BCUT2D eigenvalue weighted by Crippen LogP contribution is -2.06. The normalized spacial score (nSPS) is 9.83. The molecule has 1 aromatic heterocycles. The number of methoxy groups -OCH3 is 3. The second-order valence-corrected chi connectivity index (χ2v) is 4.42. The molecule has 1 heterocycles. The Labute approximate surface area is 132 Å². The van der Waals surface area contributed by atoms with E-state index >= 15 is 0 Å². The minimum Gasteiger partial charge on any atom is -0.493 e. The molecule has 2 aromatic rings. The van der Waals surface area contributed by atoms with E-state index in [1.54, 1.807) is 6.07 Å². The average Bonchev–Trinajstić information content (AvgIpc) is 2.59. The molecule has 0 aliphatic heterocycles. The number of ether oxygens (including phenoxy) is 3. The van der Waals surface area contributed by atoms with E-state index in [1.807, 2.05) is 0 Å². The van der Waals surface area contributed by atoms with Gasteiger partial charge in [0, 0.05) is 5.56 Å². The van der Waals surface area contributed by atoms with Crippen LogP contribution >= 0.6 is 0 Å². The van der Waals surface area contributed by atoms with E-state index in [0.717, 1.165) is 0 Å². The van der Waals surface area contributed by atoms with Crippen molar-refractivity contribution in [2.24, 2.45) is 0 Å². The van der Waals surface area contributed by atoms with Crippen molar-refractivity contribution in [3.05, 3.63) is 41.1 Å². The molecule has 7 heteroatoms. The number of carbonyl (C=O) groups is 1. The molecule has 1 N–H and O–H groups in total. The molecule has 0 bridgehead atoms. The van der Waals surface area contributed by atoms with Crippen molar-refractivity contribution in [2.75, 3.05) is 21.3 Å². The maximum Gasteiger partial charge on any atom is 0.229 e. The summed E-state index contributed by atoms with van der Waals surface area (Å²) in [5.74, 6) is 0.0677. The van der Waals surface area contributed by atoms with Crippen LogP contribution in [0.15, 0.2) is 24.3 Å². The first-order valence-electron chi connectivity index (χ1n) is 6.50. The van der Waals surface area contributed by atoms with Gasteiger partial charge in [0.15, 0.2) is 11.5 Å². The second-order valence-electron chi connectivity index (χ2n) is 4.42. The molecule has 0 saturated heterocycles. The highest BCUT2D eigenvalue weighted by Gasteiger charge is 2.19. The molecule has 0 saturated carbocycles. The fraction of sp³-hybridized carbons (Fsp3) is 0.188. The SMILES string of the molecule is COc1cc(C(=O)c2ccc(C#N)c(O)n2)cc(OC)c1OC. The summed E-state index contributed by atoms with van der Waals surface area (Å²) in [4.78, 5) is 16.3. The highest BCUT2D eigenvalue weighted by atomic mass is 16.5. The molecule has 0 fully saturated rings. The summed E-state index contributed by atoms with van der Waals surface area (Å²) in [6, 6.07) is 7.44. The number of aromatic hydroxyl groups is 1. The minimum absolute atomic E-state index is 0.00391. The summed E-state index contributed by atoms with van der Waals surface area (Å²) in [7, 11) is 4.34. The van der Waals surface area contributed by atoms with E-state index < -0.39 is 11.7 Å². The van der Waals surface area contributed by atoms with Gasteiger partial charge in [-0.25, -0.2) is 4.98 Å². The smallest absolute Gasteiger partial charge is 0.229 e. The summed E-state index contributed by atoms with van der Waals surface area (Å²) in [5, 5.41) is 18.4. The largest absolute Gasteiger partial charge is 0.493 e. The molecular formula is C16H14N2O5. The lowest BCUT2D eigenvalue weighted by atomic mass is 10.1. The third-order valence-electron chi connectivity index (χ3n) is 3.16. The van der Waals surface area contributed by atoms with Gasteiger partial charge in [0.05, 0.1) is 21.3 Å². The van der Waals surface area contributed by atoms with E-state index in [9.17, 15) is 9.90 Å². The third kappa shape index (κ3) is 3.01. The van der Waals surface area contributed by atoms with E-state index in [4.69, 9.17) is 19.5 Å². The Morgan fingerprint density at radius 1 is 1.13 bits per heavy atom. The zero-order valence-corrected chi connectivity index (χ0v) is 12.8. The van der Waals surface area contributed by atoms with Crippen LogP contribution in [0.2, 0.25) is 0 Å². The number of nitrogens with zero attached hydrogens (tertiary/aromatic N) is 2. The Bertz CT molecular complexity index is 771. The Balaban J connectivity index is 2.51. The van der Waals surface area contributed by atoms with Crippen molar-refractivity contribution < 1.29 is 24.1 Å². The number of pyridine rings is 1. The van der Waals surface area contributed by atoms with E-state index in [0.29, 0.717) is 17.2 Å². The van der Waals surface area contributed by atoms with Gasteiger partial charge in [-0.05, 0) is 24.3 Å². The highest BCUT2D eigenvalue weighted by molar-refractivity contribution is 6.08. The van der Waals surface area contributed by atoms with E-state index in [2.05, 4.69) is 4.98 Å². The van der Waals surface area contributed by atoms with Crippen LogP contribution < -0.4 is 14.2 Å². The van der Waals surface area contributed by atoms with Gasteiger partial charge in [-0.15, -0.1) is 0 Å². The molecule has 7 nitrogen and oxygen atoms in total. The maximum absolute atomic E-state index is 12.5. The molecule has 1 aromatic carbocycles. The summed E-state index contributed by atoms with van der Waals surface area (Å²) >= 11 is 0. The van der Waals surface area contributed by atoms with Gasteiger partial charge in [0.1, 0.15) is 17.3 Å². The monoisotopic (exact) mass is 314 g/mol. The first-order chi connectivity index (χ1) is 11.0. The first kappa shape index (κ1) is 16.1. The number of aromatic nitrogens is 1. The van der Waals surface area contributed by atoms with Crippen molar-refractivity contribution in [1.82, 2.24) is 4.98 Å². The zero-order chi connectivity index (χ0) is 17.0. The predicted molar refractivity (Wildman–Crippen MR) is 80.1 cm³/mol. The number of hydrogen-bond acceptors (Lipinski definition) is 7. The summed E-state index contributed by atoms with van der Waals surface area (Å²) in [6.45, 7) is 0. The van der Waals surface area contributed by atoms with Crippen LogP contribution in [0.4, 0.5) is 0 Å². The molecule has 0 spiro atoms. The topological polar surface area (TPSA) is 102 Å². The van der Waals surface area contributed by atoms with Crippen LogP contribution in [-0.2, 0) is 0 Å². The van der Waals surface area contributed by atoms with Gasteiger partial charge in [0.25, 0.3) is 0 Å². The molecule has 0 aliphatic rings. The molecule has 0 unspecified atom stereocenters. The van der Waals surface area contributed by atoms with Crippen molar-refractivity contribution in [1.29, 1.82) is 5.26 Å². The highest BCUT2D eigenvalue weighted by Crippen LogP contribution is 2.38. The van der Waals surface area contributed by atoms with Gasteiger partial charge < -0.3 is 19.3 Å².